The van der Waals surface area contributed by atoms with Gasteiger partial charge >= 0.3 is 0 Å². The van der Waals surface area contributed by atoms with E-state index in [2.05, 4.69) is 0 Å². The Morgan fingerprint density at radius 3 is 2.61 bits per heavy atom. The third kappa shape index (κ3) is 3.95. The van der Waals surface area contributed by atoms with E-state index < -0.39 is 10.8 Å². The van der Waals surface area contributed by atoms with E-state index in [4.69, 9.17) is 0 Å². The van der Waals surface area contributed by atoms with Crippen LogP contribution in [0.5, 0.6) is 0 Å². The molecule has 2 heterocycles. The van der Waals surface area contributed by atoms with Crippen molar-refractivity contribution in [2.75, 3.05) is 25.4 Å². The van der Waals surface area contributed by atoms with E-state index in [9.17, 15) is 13.8 Å². The average Bonchev–Trinajstić information content (AvgIpc) is 2.58. The quantitative estimate of drug-likeness (QED) is 0.783. The fourth-order valence-electron chi connectivity index (χ4n) is 3.46. The van der Waals surface area contributed by atoms with Crippen molar-refractivity contribution < 1.29 is 13.8 Å². The molecule has 23 heavy (non-hydrogen) atoms. The average molecular weight is 343 g/mol. The maximum absolute atomic E-state index is 12.9. The first-order valence-electron chi connectivity index (χ1n) is 8.83. The minimum Gasteiger partial charge on any atom is -0.342 e. The van der Waals surface area contributed by atoms with Gasteiger partial charge in [-0.25, -0.2) is 0 Å². The fourth-order valence-corrected chi connectivity index (χ4v) is 4.80. The summed E-state index contributed by atoms with van der Waals surface area (Å²) in [6, 6.07) is 0.0118. The van der Waals surface area contributed by atoms with Gasteiger partial charge < -0.3 is 9.80 Å². The normalized spacial score (nSPS) is 33.4. The van der Waals surface area contributed by atoms with Crippen LogP contribution in [0, 0.1) is 11.8 Å². The third-order valence-electron chi connectivity index (χ3n) is 5.52. The molecule has 0 bridgehead atoms. The van der Waals surface area contributed by atoms with Gasteiger partial charge in [0.1, 0.15) is 0 Å². The van der Waals surface area contributed by atoms with Crippen molar-refractivity contribution in [3.05, 3.63) is 0 Å². The summed E-state index contributed by atoms with van der Waals surface area (Å²) in [7, 11) is -0.837. The second-order valence-electron chi connectivity index (χ2n) is 6.99. The minimum absolute atomic E-state index is 0.0118. The molecule has 0 radical (unpaired) electrons. The van der Waals surface area contributed by atoms with Crippen LogP contribution in [-0.2, 0) is 20.4 Å². The SMILES string of the molecule is CC[C@H](C)C(=O)N1CCC[C@H](C(=O)N2CC[S@](=O)[C@@H](C)[C@@H]2C)C1. The Balaban J connectivity index is 2.02. The Labute approximate surface area is 142 Å². The maximum Gasteiger partial charge on any atom is 0.227 e. The molecule has 5 atom stereocenters. The topological polar surface area (TPSA) is 57.7 Å². The Hall–Kier alpha value is -0.910. The van der Waals surface area contributed by atoms with Crippen LogP contribution in [0.2, 0.25) is 0 Å². The summed E-state index contributed by atoms with van der Waals surface area (Å²) < 4.78 is 11.9. The molecular formula is C17H30N2O3S. The Kier molecular flexibility index (Phi) is 6.23. The van der Waals surface area contributed by atoms with E-state index in [1.54, 1.807) is 0 Å². The number of amides is 2. The maximum atomic E-state index is 12.9. The monoisotopic (exact) mass is 342 g/mol. The Morgan fingerprint density at radius 2 is 1.96 bits per heavy atom. The first-order chi connectivity index (χ1) is 10.9. The Bertz CT molecular complexity index is 482. The van der Waals surface area contributed by atoms with Crippen LogP contribution in [-0.4, -0.2) is 62.5 Å². The highest BCUT2D eigenvalue weighted by Gasteiger charge is 2.38. The summed E-state index contributed by atoms with van der Waals surface area (Å²) in [5.41, 5.74) is 0. The molecule has 5 nitrogen and oxygen atoms in total. The van der Waals surface area contributed by atoms with E-state index in [1.807, 2.05) is 37.5 Å². The second-order valence-corrected chi connectivity index (χ2v) is 8.91. The van der Waals surface area contributed by atoms with Crippen molar-refractivity contribution >= 4 is 22.6 Å². The molecule has 2 fully saturated rings. The highest BCUT2D eigenvalue weighted by molar-refractivity contribution is 7.85. The largest absolute Gasteiger partial charge is 0.342 e. The molecule has 6 heteroatoms. The zero-order valence-corrected chi connectivity index (χ0v) is 15.6. The van der Waals surface area contributed by atoms with Gasteiger partial charge in [0.15, 0.2) is 0 Å². The summed E-state index contributed by atoms with van der Waals surface area (Å²) in [6.45, 7) is 9.81. The standard InChI is InChI=1S/C17H30N2O3S/c1-5-12(2)16(20)18-8-6-7-15(11-18)17(21)19-9-10-23(22)14(4)13(19)3/h12-15H,5-11H2,1-4H3/t12-,13-,14-,15-,23-/m0/s1. The predicted octanol–water partition coefficient (Wildman–Crippen LogP) is 1.64. The smallest absolute Gasteiger partial charge is 0.227 e. The van der Waals surface area contributed by atoms with E-state index >= 15 is 0 Å². The lowest BCUT2D eigenvalue weighted by Gasteiger charge is -2.41. The first kappa shape index (κ1) is 18.4. The number of rotatable bonds is 3. The number of carbonyl (C=O) groups is 2. The highest BCUT2D eigenvalue weighted by Crippen LogP contribution is 2.25. The summed E-state index contributed by atoms with van der Waals surface area (Å²) in [5.74, 6) is 0.812. The number of hydrogen-bond acceptors (Lipinski definition) is 3. The van der Waals surface area contributed by atoms with E-state index in [-0.39, 0.29) is 34.9 Å². The van der Waals surface area contributed by atoms with Crippen LogP contribution in [0.1, 0.15) is 47.0 Å². The molecule has 0 aliphatic carbocycles. The molecule has 0 aromatic rings. The number of hydrogen-bond donors (Lipinski definition) is 0. The molecular weight excluding hydrogens is 312 g/mol. The van der Waals surface area contributed by atoms with Crippen LogP contribution < -0.4 is 0 Å². The molecule has 0 N–H and O–H groups in total. The van der Waals surface area contributed by atoms with Gasteiger partial charge in [-0.2, -0.15) is 0 Å². The van der Waals surface area contributed by atoms with Gasteiger partial charge in [0.05, 0.1) is 11.2 Å². The zero-order chi connectivity index (χ0) is 17.1. The molecule has 2 aliphatic heterocycles. The summed E-state index contributed by atoms with van der Waals surface area (Å²) in [4.78, 5) is 29.1. The molecule has 0 aromatic carbocycles. The minimum atomic E-state index is -0.837. The van der Waals surface area contributed by atoms with E-state index in [0.29, 0.717) is 18.8 Å². The van der Waals surface area contributed by atoms with Gasteiger partial charge in [-0.15, -0.1) is 0 Å². The highest BCUT2D eigenvalue weighted by atomic mass is 32.2. The molecule has 2 amide bonds. The lowest BCUT2D eigenvalue weighted by Crippen LogP contribution is -2.56. The van der Waals surface area contributed by atoms with Crippen molar-refractivity contribution in [1.29, 1.82) is 0 Å². The molecule has 0 saturated carbocycles. The number of piperidine rings is 1. The molecule has 132 valence electrons. The van der Waals surface area contributed by atoms with Crippen molar-refractivity contribution in [1.82, 2.24) is 9.80 Å². The second kappa shape index (κ2) is 7.77. The molecule has 0 spiro atoms. The predicted molar refractivity (Wildman–Crippen MR) is 92.4 cm³/mol. The van der Waals surface area contributed by atoms with E-state index in [0.717, 1.165) is 25.8 Å². The molecule has 2 aliphatic rings. The molecule has 0 aromatic heterocycles. The third-order valence-corrected chi connectivity index (χ3v) is 7.33. The van der Waals surface area contributed by atoms with Crippen LogP contribution in [0.25, 0.3) is 0 Å². The molecule has 2 rings (SSSR count). The summed E-state index contributed by atoms with van der Waals surface area (Å²) in [5, 5.41) is 0.0224. The van der Waals surface area contributed by atoms with Gasteiger partial charge in [0.25, 0.3) is 0 Å². The van der Waals surface area contributed by atoms with Gasteiger partial charge in [-0.1, -0.05) is 13.8 Å². The van der Waals surface area contributed by atoms with Crippen LogP contribution in [0.4, 0.5) is 0 Å². The first-order valence-corrected chi connectivity index (χ1v) is 10.2. The van der Waals surface area contributed by atoms with Crippen molar-refractivity contribution in [2.45, 2.75) is 58.2 Å². The van der Waals surface area contributed by atoms with Crippen molar-refractivity contribution in [3.63, 3.8) is 0 Å². The van der Waals surface area contributed by atoms with Crippen LogP contribution >= 0.6 is 0 Å². The van der Waals surface area contributed by atoms with Crippen LogP contribution in [0.3, 0.4) is 0 Å². The Morgan fingerprint density at radius 1 is 1.26 bits per heavy atom. The zero-order valence-electron chi connectivity index (χ0n) is 14.8. The molecule has 0 unspecified atom stereocenters. The van der Waals surface area contributed by atoms with Gasteiger partial charge in [-0.3, -0.25) is 13.8 Å². The van der Waals surface area contributed by atoms with Gasteiger partial charge in [0.2, 0.25) is 11.8 Å². The number of carbonyl (C=O) groups excluding carboxylic acids is 2. The lowest BCUT2D eigenvalue weighted by atomic mass is 9.94. The van der Waals surface area contributed by atoms with Gasteiger partial charge in [0, 0.05) is 48.1 Å². The van der Waals surface area contributed by atoms with Crippen LogP contribution in [0.15, 0.2) is 0 Å². The fraction of sp³-hybridized carbons (Fsp3) is 0.882. The van der Waals surface area contributed by atoms with E-state index in [1.165, 1.54) is 0 Å². The number of likely N-dealkylation sites (tertiary alicyclic amines) is 1. The lowest BCUT2D eigenvalue weighted by molar-refractivity contribution is -0.143. The van der Waals surface area contributed by atoms with Crippen molar-refractivity contribution in [3.8, 4) is 0 Å². The number of nitrogens with zero attached hydrogens (tertiary/aromatic N) is 2. The van der Waals surface area contributed by atoms with Gasteiger partial charge in [-0.05, 0) is 33.1 Å². The summed E-state index contributed by atoms with van der Waals surface area (Å²) in [6.07, 6.45) is 2.58. The summed E-state index contributed by atoms with van der Waals surface area (Å²) >= 11 is 0. The van der Waals surface area contributed by atoms with Crippen molar-refractivity contribution in [2.24, 2.45) is 11.8 Å². The molecule has 2 saturated heterocycles.